The lowest BCUT2D eigenvalue weighted by Crippen LogP contribution is -2.33. The molecule has 1 fully saturated rings. The third-order valence-corrected chi connectivity index (χ3v) is 5.51. The van der Waals surface area contributed by atoms with E-state index < -0.39 is 0 Å². The number of thioether (sulfide) groups is 1. The number of aryl methyl sites for hydroxylation is 2. The van der Waals surface area contributed by atoms with Crippen LogP contribution in [0, 0.1) is 0 Å². The topological polar surface area (TPSA) is 42.2 Å². The Morgan fingerprint density at radius 1 is 1.42 bits per heavy atom. The molecule has 104 valence electrons. The van der Waals surface area contributed by atoms with Gasteiger partial charge >= 0.3 is 0 Å². The van der Waals surface area contributed by atoms with E-state index in [4.69, 9.17) is 10.7 Å². The molecule has 1 saturated heterocycles. The maximum Gasteiger partial charge on any atom is 0.133 e. The summed E-state index contributed by atoms with van der Waals surface area (Å²) in [6.45, 7) is 0.597. The first kappa shape index (κ1) is 13.3. The van der Waals surface area contributed by atoms with Gasteiger partial charge in [-0.15, -0.1) is 0 Å². The standard InChI is InChI=1S/C15H23N3S/c1-18(13-6-7-19-10-13)15-12(9-16)8-11-4-2-3-5-14(11)17-15/h8,13H,2-7,9-10,16H2,1H3. The third kappa shape index (κ3) is 2.61. The Balaban J connectivity index is 1.94. The minimum Gasteiger partial charge on any atom is -0.356 e. The number of pyridine rings is 1. The largest absolute Gasteiger partial charge is 0.356 e. The van der Waals surface area contributed by atoms with Crippen molar-refractivity contribution in [2.24, 2.45) is 5.73 Å². The van der Waals surface area contributed by atoms with Crippen LogP contribution >= 0.6 is 11.8 Å². The van der Waals surface area contributed by atoms with Crippen molar-refractivity contribution < 1.29 is 0 Å². The van der Waals surface area contributed by atoms with Crippen LogP contribution in [0.5, 0.6) is 0 Å². The van der Waals surface area contributed by atoms with Gasteiger partial charge in [0.15, 0.2) is 0 Å². The fraction of sp³-hybridized carbons (Fsp3) is 0.667. The van der Waals surface area contributed by atoms with Crippen molar-refractivity contribution in [3.63, 3.8) is 0 Å². The van der Waals surface area contributed by atoms with Crippen LogP contribution in [0.3, 0.4) is 0 Å². The van der Waals surface area contributed by atoms with E-state index >= 15 is 0 Å². The van der Waals surface area contributed by atoms with Crippen LogP contribution in [-0.2, 0) is 19.4 Å². The molecule has 4 heteroatoms. The first-order valence-corrected chi connectivity index (χ1v) is 8.47. The molecule has 2 heterocycles. The van der Waals surface area contributed by atoms with E-state index in [1.807, 2.05) is 11.8 Å². The lowest BCUT2D eigenvalue weighted by molar-refractivity contribution is 0.650. The smallest absolute Gasteiger partial charge is 0.133 e. The lowest BCUT2D eigenvalue weighted by Gasteiger charge is -2.29. The Labute approximate surface area is 120 Å². The Hall–Kier alpha value is -0.740. The molecule has 1 aliphatic heterocycles. The number of hydrogen-bond acceptors (Lipinski definition) is 4. The zero-order valence-electron chi connectivity index (χ0n) is 11.7. The Kier molecular flexibility index (Phi) is 3.99. The number of fused-ring (bicyclic) bond motifs is 1. The van der Waals surface area contributed by atoms with E-state index in [2.05, 4.69) is 18.0 Å². The van der Waals surface area contributed by atoms with Crippen LogP contribution < -0.4 is 10.6 Å². The van der Waals surface area contributed by atoms with Crippen LogP contribution in [0.15, 0.2) is 6.07 Å². The van der Waals surface area contributed by atoms with Gasteiger partial charge in [-0.3, -0.25) is 0 Å². The number of hydrogen-bond donors (Lipinski definition) is 1. The van der Waals surface area contributed by atoms with Gasteiger partial charge < -0.3 is 10.6 Å². The summed E-state index contributed by atoms with van der Waals surface area (Å²) in [6.07, 6.45) is 6.17. The summed E-state index contributed by atoms with van der Waals surface area (Å²) < 4.78 is 0. The zero-order chi connectivity index (χ0) is 13.2. The summed E-state index contributed by atoms with van der Waals surface area (Å²) >= 11 is 2.05. The molecule has 3 nitrogen and oxygen atoms in total. The van der Waals surface area contributed by atoms with Gasteiger partial charge in [-0.1, -0.05) is 0 Å². The molecule has 3 rings (SSSR count). The van der Waals surface area contributed by atoms with Crippen molar-refractivity contribution in [1.82, 2.24) is 4.98 Å². The van der Waals surface area contributed by atoms with Gasteiger partial charge in [0.2, 0.25) is 0 Å². The molecule has 1 atom stereocenters. The van der Waals surface area contributed by atoms with Crippen LogP contribution in [0.2, 0.25) is 0 Å². The monoisotopic (exact) mass is 277 g/mol. The number of rotatable bonds is 3. The van der Waals surface area contributed by atoms with E-state index in [1.165, 1.54) is 54.0 Å². The highest BCUT2D eigenvalue weighted by Gasteiger charge is 2.24. The molecule has 0 saturated carbocycles. The molecule has 2 N–H and O–H groups in total. The van der Waals surface area contributed by atoms with E-state index in [0.29, 0.717) is 12.6 Å². The van der Waals surface area contributed by atoms with Crippen molar-refractivity contribution in [2.75, 3.05) is 23.5 Å². The van der Waals surface area contributed by atoms with Gasteiger partial charge in [0.05, 0.1) is 0 Å². The second kappa shape index (κ2) is 5.71. The Morgan fingerprint density at radius 3 is 3.00 bits per heavy atom. The Morgan fingerprint density at radius 2 is 2.26 bits per heavy atom. The first-order valence-electron chi connectivity index (χ1n) is 7.32. The highest BCUT2D eigenvalue weighted by atomic mass is 32.2. The van der Waals surface area contributed by atoms with Crippen LogP contribution in [0.25, 0.3) is 0 Å². The lowest BCUT2D eigenvalue weighted by atomic mass is 9.94. The number of nitrogens with zero attached hydrogens (tertiary/aromatic N) is 2. The van der Waals surface area contributed by atoms with Crippen molar-refractivity contribution in [2.45, 2.75) is 44.7 Å². The summed E-state index contributed by atoms with van der Waals surface area (Å²) in [5.74, 6) is 3.63. The molecule has 0 amide bonds. The number of nitrogens with two attached hydrogens (primary N) is 1. The molecular formula is C15H23N3S. The molecule has 0 spiro atoms. The Bertz CT molecular complexity index is 455. The molecule has 1 aromatic rings. The van der Waals surface area contributed by atoms with Gasteiger partial charge in [-0.2, -0.15) is 11.8 Å². The summed E-state index contributed by atoms with van der Waals surface area (Å²) in [7, 11) is 2.19. The summed E-state index contributed by atoms with van der Waals surface area (Å²) in [5, 5.41) is 0. The second-order valence-electron chi connectivity index (χ2n) is 5.62. The second-order valence-corrected chi connectivity index (χ2v) is 6.77. The molecule has 0 bridgehead atoms. The van der Waals surface area contributed by atoms with E-state index in [1.54, 1.807) is 0 Å². The van der Waals surface area contributed by atoms with Crippen molar-refractivity contribution in [3.8, 4) is 0 Å². The fourth-order valence-corrected chi connectivity index (χ4v) is 4.39. The molecule has 0 radical (unpaired) electrons. The van der Waals surface area contributed by atoms with E-state index in [-0.39, 0.29) is 0 Å². The fourth-order valence-electron chi connectivity index (χ4n) is 3.13. The molecule has 1 unspecified atom stereocenters. The normalized spacial score (nSPS) is 22.3. The van der Waals surface area contributed by atoms with Crippen LogP contribution in [-0.4, -0.2) is 29.6 Å². The molecule has 0 aromatic carbocycles. The van der Waals surface area contributed by atoms with Gasteiger partial charge in [-0.25, -0.2) is 4.98 Å². The van der Waals surface area contributed by atoms with Gasteiger partial charge in [0.25, 0.3) is 0 Å². The summed E-state index contributed by atoms with van der Waals surface area (Å²) in [5.41, 5.74) is 9.92. The molecule has 1 aromatic heterocycles. The van der Waals surface area contributed by atoms with E-state index in [9.17, 15) is 0 Å². The minimum absolute atomic E-state index is 0.597. The van der Waals surface area contributed by atoms with E-state index in [0.717, 1.165) is 12.2 Å². The molecule has 19 heavy (non-hydrogen) atoms. The molecular weight excluding hydrogens is 254 g/mol. The predicted molar refractivity (Wildman–Crippen MR) is 82.9 cm³/mol. The highest BCUT2D eigenvalue weighted by Crippen LogP contribution is 2.30. The van der Waals surface area contributed by atoms with Crippen molar-refractivity contribution in [1.29, 1.82) is 0 Å². The van der Waals surface area contributed by atoms with Crippen molar-refractivity contribution in [3.05, 3.63) is 22.9 Å². The molecule has 1 aliphatic carbocycles. The van der Waals surface area contributed by atoms with Gasteiger partial charge in [-0.05, 0) is 49.5 Å². The first-order chi connectivity index (χ1) is 9.29. The summed E-state index contributed by atoms with van der Waals surface area (Å²) in [4.78, 5) is 7.34. The van der Waals surface area contributed by atoms with Crippen LogP contribution in [0.1, 0.15) is 36.1 Å². The quantitative estimate of drug-likeness (QED) is 0.921. The summed E-state index contributed by atoms with van der Waals surface area (Å²) in [6, 6.07) is 2.94. The maximum absolute atomic E-state index is 5.95. The van der Waals surface area contributed by atoms with Crippen LogP contribution in [0.4, 0.5) is 5.82 Å². The minimum atomic E-state index is 0.597. The van der Waals surface area contributed by atoms with Crippen molar-refractivity contribution >= 4 is 17.6 Å². The molecule has 2 aliphatic rings. The SMILES string of the molecule is CN(c1nc2c(cc1CN)CCCC2)C1CCSC1. The van der Waals surface area contributed by atoms with Gasteiger partial charge in [0, 0.05) is 36.6 Å². The number of aromatic nitrogens is 1. The van der Waals surface area contributed by atoms with Gasteiger partial charge in [0.1, 0.15) is 5.82 Å². The third-order valence-electron chi connectivity index (χ3n) is 4.36. The zero-order valence-corrected chi connectivity index (χ0v) is 12.5. The highest BCUT2D eigenvalue weighted by molar-refractivity contribution is 7.99. The average molecular weight is 277 g/mol. The maximum atomic E-state index is 5.95. The number of anilines is 1. The predicted octanol–water partition coefficient (Wildman–Crippen LogP) is 2.36. The average Bonchev–Trinajstić information content (AvgIpc) is 2.99.